The van der Waals surface area contributed by atoms with Gasteiger partial charge in [-0.1, -0.05) is 22.0 Å². The molecule has 0 aromatic heterocycles. The van der Waals surface area contributed by atoms with Crippen molar-refractivity contribution in [2.45, 2.75) is 19.8 Å². The zero-order valence-corrected chi connectivity index (χ0v) is 11.4. The molecule has 0 saturated carbocycles. The van der Waals surface area contributed by atoms with E-state index >= 15 is 0 Å². The molecule has 0 spiro atoms. The Morgan fingerprint density at radius 1 is 1.53 bits per heavy atom. The largest absolute Gasteiger partial charge is 0.381 e. The van der Waals surface area contributed by atoms with Crippen LogP contribution in [0.4, 0.5) is 5.69 Å². The third kappa shape index (κ3) is 3.30. The van der Waals surface area contributed by atoms with Gasteiger partial charge in [0.15, 0.2) is 0 Å². The van der Waals surface area contributed by atoms with Crippen molar-refractivity contribution >= 4 is 27.5 Å². The number of anilines is 1. The number of benzene rings is 1. The van der Waals surface area contributed by atoms with Gasteiger partial charge in [-0.15, -0.1) is 0 Å². The summed E-state index contributed by atoms with van der Waals surface area (Å²) in [4.78, 5) is 12.0. The van der Waals surface area contributed by atoms with Crippen LogP contribution in [-0.2, 0) is 9.53 Å². The number of ether oxygens (including phenoxy) is 1. The Bertz CT molecular complexity index is 414. The monoisotopic (exact) mass is 297 g/mol. The molecule has 1 fully saturated rings. The number of carbonyl (C=O) groups is 1. The van der Waals surface area contributed by atoms with Gasteiger partial charge in [-0.2, -0.15) is 0 Å². The smallest absolute Gasteiger partial charge is 0.229 e. The highest BCUT2D eigenvalue weighted by Gasteiger charge is 2.21. The Balaban J connectivity index is 1.99. The lowest BCUT2D eigenvalue weighted by Gasteiger charge is -2.21. The second kappa shape index (κ2) is 5.65. The summed E-state index contributed by atoms with van der Waals surface area (Å²) in [6.07, 6.45) is 1.88. The van der Waals surface area contributed by atoms with E-state index in [1.54, 1.807) is 0 Å². The van der Waals surface area contributed by atoms with Crippen molar-refractivity contribution in [3.63, 3.8) is 0 Å². The maximum atomic E-state index is 12.0. The zero-order valence-electron chi connectivity index (χ0n) is 9.83. The van der Waals surface area contributed by atoms with E-state index in [1.807, 2.05) is 25.1 Å². The van der Waals surface area contributed by atoms with Gasteiger partial charge in [0, 0.05) is 16.8 Å². The molecule has 1 aliphatic heterocycles. The van der Waals surface area contributed by atoms with Crippen molar-refractivity contribution in [1.82, 2.24) is 0 Å². The Kier molecular flexibility index (Phi) is 4.18. The quantitative estimate of drug-likeness (QED) is 0.911. The van der Waals surface area contributed by atoms with Crippen LogP contribution in [0.2, 0.25) is 0 Å². The second-order valence-electron chi connectivity index (χ2n) is 4.37. The van der Waals surface area contributed by atoms with Gasteiger partial charge in [0.2, 0.25) is 5.91 Å². The van der Waals surface area contributed by atoms with Crippen LogP contribution in [0.25, 0.3) is 0 Å². The van der Waals surface area contributed by atoms with E-state index in [4.69, 9.17) is 4.74 Å². The molecule has 1 amide bonds. The predicted octanol–water partition coefficient (Wildman–Crippen LogP) is 3.12. The third-order valence-corrected chi connectivity index (χ3v) is 3.82. The molecule has 0 radical (unpaired) electrons. The van der Waals surface area contributed by atoms with Crippen LogP contribution in [0.15, 0.2) is 22.7 Å². The summed E-state index contributed by atoms with van der Waals surface area (Å²) in [6.45, 7) is 3.34. The lowest BCUT2D eigenvalue weighted by atomic mass is 10.0. The highest BCUT2D eigenvalue weighted by Crippen LogP contribution is 2.22. The molecular weight excluding hydrogens is 282 g/mol. The van der Waals surface area contributed by atoms with Gasteiger partial charge in [-0.05, 0) is 37.5 Å². The number of carbonyl (C=O) groups excluding carboxylic acids is 1. The average Bonchev–Trinajstić information content (AvgIpc) is 2.35. The lowest BCUT2D eigenvalue weighted by molar-refractivity contribution is -0.123. The van der Waals surface area contributed by atoms with Crippen molar-refractivity contribution in [3.05, 3.63) is 28.2 Å². The minimum absolute atomic E-state index is 0.0103. The summed E-state index contributed by atoms with van der Waals surface area (Å²) in [5.41, 5.74) is 1.99. The van der Waals surface area contributed by atoms with Gasteiger partial charge in [0.25, 0.3) is 0 Å². The number of hydrogen-bond donors (Lipinski definition) is 1. The fourth-order valence-corrected chi connectivity index (χ4v) is 2.24. The molecule has 1 saturated heterocycles. The van der Waals surface area contributed by atoms with Crippen LogP contribution in [0.1, 0.15) is 18.4 Å². The van der Waals surface area contributed by atoms with Crippen LogP contribution in [0, 0.1) is 12.8 Å². The van der Waals surface area contributed by atoms with E-state index < -0.39 is 0 Å². The van der Waals surface area contributed by atoms with Crippen LogP contribution in [0.3, 0.4) is 0 Å². The number of hydrogen-bond acceptors (Lipinski definition) is 2. The summed E-state index contributed by atoms with van der Waals surface area (Å²) in [5, 5.41) is 2.93. The highest BCUT2D eigenvalue weighted by molar-refractivity contribution is 9.10. The first-order valence-corrected chi connectivity index (χ1v) is 6.61. The Hall–Kier alpha value is -0.870. The molecule has 4 heteroatoms. The molecule has 1 aliphatic rings. The molecule has 3 nitrogen and oxygen atoms in total. The Morgan fingerprint density at radius 2 is 2.35 bits per heavy atom. The number of nitrogens with one attached hydrogen (secondary N) is 1. The number of halogens is 1. The van der Waals surface area contributed by atoms with Gasteiger partial charge < -0.3 is 10.1 Å². The summed E-state index contributed by atoms with van der Waals surface area (Å²) >= 11 is 3.46. The van der Waals surface area contributed by atoms with Crippen LogP contribution < -0.4 is 5.32 Å². The highest BCUT2D eigenvalue weighted by atomic mass is 79.9. The zero-order chi connectivity index (χ0) is 12.3. The van der Waals surface area contributed by atoms with E-state index in [0.29, 0.717) is 6.61 Å². The molecule has 1 heterocycles. The number of rotatable bonds is 2. The predicted molar refractivity (Wildman–Crippen MR) is 71.1 cm³/mol. The molecule has 17 heavy (non-hydrogen) atoms. The van der Waals surface area contributed by atoms with Crippen LogP contribution in [-0.4, -0.2) is 19.1 Å². The van der Waals surface area contributed by atoms with E-state index in [0.717, 1.165) is 35.2 Å². The van der Waals surface area contributed by atoms with Crippen molar-refractivity contribution < 1.29 is 9.53 Å². The molecule has 2 rings (SSSR count). The van der Waals surface area contributed by atoms with Gasteiger partial charge in [0.05, 0.1) is 12.5 Å². The topological polar surface area (TPSA) is 38.3 Å². The van der Waals surface area contributed by atoms with E-state index in [1.165, 1.54) is 0 Å². The van der Waals surface area contributed by atoms with Gasteiger partial charge in [0.1, 0.15) is 0 Å². The standard InChI is InChI=1S/C13H16BrNO2/c1-9-4-5-11(7-12(9)14)15-13(16)10-3-2-6-17-8-10/h4-5,7,10H,2-3,6,8H2,1H3,(H,15,16). The summed E-state index contributed by atoms with van der Waals surface area (Å²) in [5.74, 6) is 0.0456. The summed E-state index contributed by atoms with van der Waals surface area (Å²) < 4.78 is 6.32. The molecule has 1 aromatic carbocycles. The second-order valence-corrected chi connectivity index (χ2v) is 5.22. The maximum absolute atomic E-state index is 12.0. The molecule has 1 N–H and O–H groups in total. The number of amides is 1. The first-order chi connectivity index (χ1) is 8.16. The Labute approximate surface area is 110 Å². The van der Waals surface area contributed by atoms with Gasteiger partial charge in [-0.3, -0.25) is 4.79 Å². The van der Waals surface area contributed by atoms with Crippen molar-refractivity contribution in [1.29, 1.82) is 0 Å². The molecule has 1 unspecified atom stereocenters. The first-order valence-electron chi connectivity index (χ1n) is 5.81. The fourth-order valence-electron chi connectivity index (χ4n) is 1.86. The van der Waals surface area contributed by atoms with Crippen LogP contribution in [0.5, 0.6) is 0 Å². The first kappa shape index (κ1) is 12.6. The van der Waals surface area contributed by atoms with E-state index in [2.05, 4.69) is 21.2 Å². The molecule has 92 valence electrons. The molecule has 1 atom stereocenters. The Morgan fingerprint density at radius 3 is 3.00 bits per heavy atom. The summed E-state index contributed by atoms with van der Waals surface area (Å²) in [6, 6.07) is 5.83. The molecule has 1 aromatic rings. The molecular formula is C13H16BrNO2. The molecule has 0 bridgehead atoms. The van der Waals surface area contributed by atoms with E-state index in [9.17, 15) is 4.79 Å². The summed E-state index contributed by atoms with van der Waals surface area (Å²) in [7, 11) is 0. The van der Waals surface area contributed by atoms with Crippen molar-refractivity contribution in [3.8, 4) is 0 Å². The minimum Gasteiger partial charge on any atom is -0.381 e. The average molecular weight is 298 g/mol. The fraction of sp³-hybridized carbons (Fsp3) is 0.462. The van der Waals surface area contributed by atoms with Crippen molar-refractivity contribution in [2.75, 3.05) is 18.5 Å². The molecule has 0 aliphatic carbocycles. The van der Waals surface area contributed by atoms with E-state index in [-0.39, 0.29) is 11.8 Å². The SMILES string of the molecule is Cc1ccc(NC(=O)C2CCCOC2)cc1Br. The lowest BCUT2D eigenvalue weighted by Crippen LogP contribution is -2.30. The number of aryl methyl sites for hydroxylation is 1. The third-order valence-electron chi connectivity index (χ3n) is 2.97. The maximum Gasteiger partial charge on any atom is 0.229 e. The normalized spacial score (nSPS) is 20.0. The van der Waals surface area contributed by atoms with Gasteiger partial charge in [-0.25, -0.2) is 0 Å². The van der Waals surface area contributed by atoms with Crippen LogP contribution >= 0.6 is 15.9 Å². The van der Waals surface area contributed by atoms with Crippen molar-refractivity contribution in [2.24, 2.45) is 5.92 Å². The minimum atomic E-state index is -0.0103. The van der Waals surface area contributed by atoms with Gasteiger partial charge >= 0.3 is 0 Å².